The molecule has 240 valence electrons. The monoisotopic (exact) mass is 628 g/mol. The molecule has 0 radical (unpaired) electrons. The summed E-state index contributed by atoms with van der Waals surface area (Å²) in [4.78, 5) is 0. The van der Waals surface area contributed by atoms with Gasteiger partial charge in [0.1, 0.15) is 0 Å². The van der Waals surface area contributed by atoms with Crippen LogP contribution >= 0.6 is 16.4 Å². The Balaban J connectivity index is 2.22. The fraction of sp³-hybridized carbons (Fsp3) is 0.571. The maximum absolute atomic E-state index is 2.49. The van der Waals surface area contributed by atoms with Gasteiger partial charge in [-0.1, -0.05) is 165 Å². The highest BCUT2D eigenvalue weighted by Crippen LogP contribution is 2.37. The van der Waals surface area contributed by atoms with Gasteiger partial charge in [0.2, 0.25) is 0 Å². The highest BCUT2D eigenvalue weighted by Gasteiger charge is 2.30. The molecule has 0 amide bonds. The molecule has 3 rings (SSSR count). The van der Waals surface area contributed by atoms with Gasteiger partial charge in [0.25, 0.3) is 0 Å². The fourth-order valence-corrected chi connectivity index (χ4v) is 8.72. The van der Waals surface area contributed by atoms with Crippen molar-refractivity contribution in [1.82, 2.24) is 0 Å². The molecule has 0 saturated heterocycles. The molecule has 2 aromatic carbocycles. The standard InChI is InChI=1S/C42H62P2/c1-37(2,3)27-23-31(39(7,8)9)35(32(24-27)40(10,11)12)43-29-19-21-30(22-20-29)44-36-33(41(13,14)15)25-28(38(4,5)6)26-34(36)42(16,17)18/h19-26H,1-18H3. The SMILES string of the molecule is CC(C)(C)c1cc(C(C)(C)C)c(P=C2C=CC(=Pc3c(C(C)(C)C)cc(C(C)(C)C)cc3C(C)(C)C)C=C2)c(C(C)(C)C)c1. The summed E-state index contributed by atoms with van der Waals surface area (Å²) in [6.07, 6.45) is 9.49. The highest BCUT2D eigenvalue weighted by atomic mass is 31.1. The summed E-state index contributed by atoms with van der Waals surface area (Å²) in [5.74, 6) is 0. The molecular formula is C42H62P2. The van der Waals surface area contributed by atoms with Crippen LogP contribution in [-0.2, 0) is 32.5 Å². The lowest BCUT2D eigenvalue weighted by molar-refractivity contribution is 0.553. The van der Waals surface area contributed by atoms with Crippen LogP contribution in [0.2, 0.25) is 0 Å². The number of rotatable bonds is 2. The summed E-state index contributed by atoms with van der Waals surface area (Å²) in [6.45, 7) is 42.4. The molecule has 0 atom stereocenters. The van der Waals surface area contributed by atoms with E-state index in [0.29, 0.717) is 0 Å². The Kier molecular flexibility index (Phi) is 10.1. The van der Waals surface area contributed by atoms with Crippen molar-refractivity contribution >= 4 is 37.6 Å². The van der Waals surface area contributed by atoms with Crippen molar-refractivity contribution in [3.63, 3.8) is 0 Å². The summed E-state index contributed by atoms with van der Waals surface area (Å²) in [5.41, 5.74) is 9.24. The molecule has 0 bridgehead atoms. The first kappa shape index (κ1) is 36.7. The third-order valence-electron chi connectivity index (χ3n) is 8.52. The van der Waals surface area contributed by atoms with Crippen molar-refractivity contribution in [2.45, 2.75) is 157 Å². The second kappa shape index (κ2) is 12.1. The Morgan fingerprint density at radius 1 is 0.318 bits per heavy atom. The minimum atomic E-state index is 0.0636. The van der Waals surface area contributed by atoms with E-state index in [-0.39, 0.29) is 32.5 Å². The first-order valence-corrected chi connectivity index (χ1v) is 18.3. The normalized spacial score (nSPS) is 15.6. The van der Waals surface area contributed by atoms with Crippen LogP contribution in [0.4, 0.5) is 0 Å². The van der Waals surface area contributed by atoms with E-state index >= 15 is 0 Å². The second-order valence-corrected chi connectivity index (χ2v) is 21.5. The van der Waals surface area contributed by atoms with Gasteiger partial charge in [-0.25, -0.2) is 0 Å². The summed E-state index contributed by atoms with van der Waals surface area (Å²) in [7, 11) is 2.58. The van der Waals surface area contributed by atoms with E-state index < -0.39 is 0 Å². The first-order chi connectivity index (χ1) is 19.6. The molecule has 0 N–H and O–H groups in total. The van der Waals surface area contributed by atoms with Crippen molar-refractivity contribution in [3.05, 3.63) is 82.0 Å². The lowest BCUT2D eigenvalue weighted by Crippen LogP contribution is -2.30. The topological polar surface area (TPSA) is 0 Å². The predicted molar refractivity (Wildman–Crippen MR) is 206 cm³/mol. The number of allylic oxidation sites excluding steroid dienone is 4. The van der Waals surface area contributed by atoms with Gasteiger partial charge in [-0.15, -0.1) is 0 Å². The van der Waals surface area contributed by atoms with E-state index in [4.69, 9.17) is 0 Å². The number of hydrogen-bond acceptors (Lipinski definition) is 0. The van der Waals surface area contributed by atoms with Crippen LogP contribution in [0, 0.1) is 0 Å². The second-order valence-electron chi connectivity index (χ2n) is 19.1. The number of benzene rings is 2. The molecule has 2 aromatic rings. The van der Waals surface area contributed by atoms with Crippen molar-refractivity contribution in [3.8, 4) is 0 Å². The summed E-state index contributed by atoms with van der Waals surface area (Å²) in [5, 5.41) is 5.68. The van der Waals surface area contributed by atoms with Crippen LogP contribution in [0.3, 0.4) is 0 Å². The predicted octanol–water partition coefficient (Wildman–Crippen LogP) is 11.8. The molecule has 0 unspecified atom stereocenters. The fourth-order valence-electron chi connectivity index (χ4n) is 5.52. The lowest BCUT2D eigenvalue weighted by atomic mass is 9.75. The zero-order valence-corrected chi connectivity index (χ0v) is 33.3. The summed E-state index contributed by atoms with van der Waals surface area (Å²) < 4.78 is 0. The molecule has 0 heterocycles. The molecular weight excluding hydrogens is 566 g/mol. The molecule has 1 aliphatic carbocycles. The Bertz CT molecular complexity index is 1310. The minimum absolute atomic E-state index is 0.0636. The van der Waals surface area contributed by atoms with Crippen molar-refractivity contribution in [2.75, 3.05) is 0 Å². The maximum atomic E-state index is 2.49. The van der Waals surface area contributed by atoms with Crippen LogP contribution in [0.15, 0.2) is 48.6 Å². The van der Waals surface area contributed by atoms with Crippen molar-refractivity contribution in [1.29, 1.82) is 0 Å². The van der Waals surface area contributed by atoms with Crippen LogP contribution < -0.4 is 10.6 Å². The van der Waals surface area contributed by atoms with Crippen LogP contribution in [0.1, 0.15) is 158 Å². The molecule has 0 aromatic heterocycles. The Morgan fingerprint density at radius 2 is 0.523 bits per heavy atom. The van der Waals surface area contributed by atoms with E-state index in [1.54, 1.807) is 0 Å². The maximum Gasteiger partial charge on any atom is 0.00984 e. The molecule has 1 aliphatic rings. The lowest BCUT2D eigenvalue weighted by Gasteiger charge is -2.33. The van der Waals surface area contributed by atoms with Crippen LogP contribution in [0.25, 0.3) is 0 Å². The van der Waals surface area contributed by atoms with E-state index in [0.717, 1.165) is 0 Å². The van der Waals surface area contributed by atoms with Gasteiger partial charge in [-0.2, -0.15) is 0 Å². The van der Waals surface area contributed by atoms with Gasteiger partial charge in [-0.3, -0.25) is 0 Å². The smallest absolute Gasteiger partial charge is 0.00984 e. The van der Waals surface area contributed by atoms with Gasteiger partial charge in [0.15, 0.2) is 0 Å². The average molecular weight is 629 g/mol. The first-order valence-electron chi connectivity index (χ1n) is 16.5. The molecule has 0 aliphatic heterocycles. The Labute approximate surface area is 275 Å². The molecule has 0 spiro atoms. The number of hydrogen-bond donors (Lipinski definition) is 0. The van der Waals surface area contributed by atoms with Gasteiger partial charge < -0.3 is 0 Å². The molecule has 0 nitrogen and oxygen atoms in total. The van der Waals surface area contributed by atoms with Gasteiger partial charge >= 0.3 is 0 Å². The molecule has 0 fully saturated rings. The third-order valence-corrected chi connectivity index (χ3v) is 11.0. The third kappa shape index (κ3) is 8.74. The minimum Gasteiger partial charge on any atom is -0.0598 e. The Hall–Kier alpha value is -1.74. The zero-order valence-electron chi connectivity index (χ0n) is 31.5. The summed E-state index contributed by atoms with van der Waals surface area (Å²) in [6, 6.07) is 9.98. The van der Waals surface area contributed by atoms with Crippen molar-refractivity contribution < 1.29 is 0 Å². The Morgan fingerprint density at radius 3 is 0.682 bits per heavy atom. The van der Waals surface area contributed by atoms with E-state index in [1.807, 2.05) is 0 Å². The van der Waals surface area contributed by atoms with E-state index in [1.165, 1.54) is 71.0 Å². The highest BCUT2D eigenvalue weighted by molar-refractivity contribution is 7.51. The molecule has 0 saturated carbocycles. The quantitative estimate of drug-likeness (QED) is 0.290. The van der Waals surface area contributed by atoms with Crippen LogP contribution in [-0.4, -0.2) is 10.6 Å². The van der Waals surface area contributed by atoms with Gasteiger partial charge in [0, 0.05) is 21.2 Å². The van der Waals surface area contributed by atoms with Gasteiger partial charge in [-0.05, 0) is 90.2 Å². The average Bonchev–Trinajstić information content (AvgIpc) is 2.81. The van der Waals surface area contributed by atoms with E-state index in [9.17, 15) is 0 Å². The molecule has 2 heteroatoms. The molecule has 44 heavy (non-hydrogen) atoms. The van der Waals surface area contributed by atoms with Gasteiger partial charge in [0.05, 0.1) is 0 Å². The van der Waals surface area contributed by atoms with E-state index in [2.05, 4.69) is 173 Å². The zero-order chi connectivity index (χ0) is 33.8. The summed E-state index contributed by atoms with van der Waals surface area (Å²) >= 11 is 0. The largest absolute Gasteiger partial charge is 0.0598 e. The van der Waals surface area contributed by atoms with Crippen LogP contribution in [0.5, 0.6) is 0 Å². The van der Waals surface area contributed by atoms with Crippen molar-refractivity contribution in [2.24, 2.45) is 0 Å².